The maximum Gasteiger partial charge on any atom is 0.256 e. The predicted molar refractivity (Wildman–Crippen MR) is 74.6 cm³/mol. The van der Waals surface area contributed by atoms with Crippen LogP contribution in [-0.2, 0) is 20.8 Å². The summed E-state index contributed by atoms with van der Waals surface area (Å²) in [5.41, 5.74) is 1.61. The van der Waals surface area contributed by atoms with E-state index in [1.807, 2.05) is 19.9 Å². The Morgan fingerprint density at radius 1 is 1.57 bits per heavy atom. The van der Waals surface area contributed by atoms with Crippen LogP contribution in [0.15, 0.2) is 18.3 Å². The summed E-state index contributed by atoms with van der Waals surface area (Å²) >= 11 is 0. The van der Waals surface area contributed by atoms with E-state index < -0.39 is 11.9 Å². The van der Waals surface area contributed by atoms with Crippen molar-refractivity contribution in [1.82, 2.24) is 4.90 Å². The smallest absolute Gasteiger partial charge is 0.256 e. The predicted octanol–water partition coefficient (Wildman–Crippen LogP) is 1.02. The van der Waals surface area contributed by atoms with Crippen molar-refractivity contribution in [3.8, 4) is 0 Å². The normalized spacial score (nSPS) is 20.5. The molecule has 6 heteroatoms. The number of ether oxygens (including phenoxy) is 2. The summed E-state index contributed by atoms with van der Waals surface area (Å²) in [6.45, 7) is 8.51. The number of nitrogens with zero attached hydrogens (tertiary/aromatic N) is 2. The van der Waals surface area contributed by atoms with E-state index in [9.17, 15) is 10.0 Å². The quantitative estimate of drug-likeness (QED) is 0.665. The maximum absolute atomic E-state index is 12.5. The lowest BCUT2D eigenvalue weighted by Gasteiger charge is -2.23. The number of carbonyl (C=O) groups excluding carboxylic acids is 1. The lowest BCUT2D eigenvalue weighted by molar-refractivity contribution is -0.910. The Kier molecular flexibility index (Phi) is 4.49. The van der Waals surface area contributed by atoms with Crippen molar-refractivity contribution in [3.63, 3.8) is 0 Å². The second kappa shape index (κ2) is 5.99. The maximum atomic E-state index is 12.5. The standard InChI is InChI=1S/C15H23N2O4/c1-5-16(9-12-11(2)7-6-8-17(12)19)14(18)13-10-20-15(3,4)21-13/h6-8,13,19H,5,9-10H2,1-4H3/q+1. The zero-order valence-electron chi connectivity index (χ0n) is 13.0. The van der Waals surface area contributed by atoms with Gasteiger partial charge < -0.3 is 14.4 Å². The first-order chi connectivity index (χ1) is 9.84. The SMILES string of the molecule is CCN(Cc1c(C)ccc[n+]1O)C(=O)C1COC(C)(C)O1. The van der Waals surface area contributed by atoms with E-state index in [1.165, 1.54) is 0 Å². The van der Waals surface area contributed by atoms with E-state index in [-0.39, 0.29) is 12.5 Å². The molecule has 0 aromatic carbocycles. The minimum absolute atomic E-state index is 0.119. The van der Waals surface area contributed by atoms with Gasteiger partial charge in [0.15, 0.2) is 11.9 Å². The molecule has 1 unspecified atom stereocenters. The minimum Gasteiger partial charge on any atom is -0.347 e. The molecule has 1 aromatic rings. The van der Waals surface area contributed by atoms with E-state index in [1.54, 1.807) is 31.0 Å². The van der Waals surface area contributed by atoms with E-state index in [0.29, 0.717) is 18.8 Å². The summed E-state index contributed by atoms with van der Waals surface area (Å²) in [5.74, 6) is -0.842. The van der Waals surface area contributed by atoms with E-state index in [0.717, 1.165) is 10.3 Å². The summed E-state index contributed by atoms with van der Waals surface area (Å²) < 4.78 is 12.1. The number of carbonyl (C=O) groups is 1. The average Bonchev–Trinajstić information content (AvgIpc) is 2.78. The first kappa shape index (κ1) is 15.7. The highest BCUT2D eigenvalue weighted by Gasteiger charge is 2.39. The third-order valence-corrected chi connectivity index (χ3v) is 3.62. The molecule has 0 spiro atoms. The zero-order chi connectivity index (χ0) is 15.6. The van der Waals surface area contributed by atoms with Crippen LogP contribution in [0.5, 0.6) is 0 Å². The Labute approximate surface area is 124 Å². The second-order valence-electron chi connectivity index (χ2n) is 5.65. The van der Waals surface area contributed by atoms with Crippen LogP contribution in [0, 0.1) is 6.92 Å². The molecule has 2 heterocycles. The van der Waals surface area contributed by atoms with Crippen LogP contribution in [0.3, 0.4) is 0 Å². The lowest BCUT2D eigenvalue weighted by atomic mass is 10.2. The van der Waals surface area contributed by atoms with Crippen molar-refractivity contribution in [2.75, 3.05) is 13.2 Å². The molecule has 1 saturated heterocycles. The summed E-state index contributed by atoms with van der Waals surface area (Å²) in [6.07, 6.45) is 0.968. The number of hydrogen-bond donors (Lipinski definition) is 1. The Morgan fingerprint density at radius 2 is 2.29 bits per heavy atom. The summed E-state index contributed by atoms with van der Waals surface area (Å²) in [6, 6.07) is 3.66. The van der Waals surface area contributed by atoms with Gasteiger partial charge in [-0.1, -0.05) is 0 Å². The molecule has 1 fully saturated rings. The number of rotatable bonds is 4. The van der Waals surface area contributed by atoms with Crippen LogP contribution < -0.4 is 4.73 Å². The molecule has 1 atom stereocenters. The summed E-state index contributed by atoms with van der Waals surface area (Å²) in [5, 5.41) is 9.89. The largest absolute Gasteiger partial charge is 0.347 e. The molecule has 0 bridgehead atoms. The fraction of sp³-hybridized carbons (Fsp3) is 0.600. The first-order valence-electron chi connectivity index (χ1n) is 7.14. The molecular formula is C15H23N2O4+. The van der Waals surface area contributed by atoms with Gasteiger partial charge >= 0.3 is 0 Å². The number of amides is 1. The molecule has 116 valence electrons. The van der Waals surface area contributed by atoms with E-state index in [2.05, 4.69) is 0 Å². The summed E-state index contributed by atoms with van der Waals surface area (Å²) in [7, 11) is 0. The molecule has 6 nitrogen and oxygen atoms in total. The first-order valence-corrected chi connectivity index (χ1v) is 7.14. The number of likely N-dealkylation sites (N-methyl/N-ethyl adjacent to an activating group) is 1. The molecule has 1 aliphatic rings. The Bertz CT molecular complexity index is 510. The molecular weight excluding hydrogens is 272 g/mol. The van der Waals surface area contributed by atoms with Crippen molar-refractivity contribution in [2.45, 2.75) is 46.1 Å². The number of aromatic nitrogens is 1. The van der Waals surface area contributed by atoms with Gasteiger partial charge in [-0.3, -0.25) is 10.0 Å². The van der Waals surface area contributed by atoms with Crippen LogP contribution in [0.4, 0.5) is 0 Å². The van der Waals surface area contributed by atoms with Gasteiger partial charge in [-0.15, -0.1) is 0 Å². The molecule has 1 aromatic heterocycles. The molecule has 0 saturated carbocycles. The molecule has 0 aliphatic carbocycles. The molecule has 1 amide bonds. The second-order valence-corrected chi connectivity index (χ2v) is 5.65. The highest BCUT2D eigenvalue weighted by molar-refractivity contribution is 5.81. The van der Waals surface area contributed by atoms with E-state index >= 15 is 0 Å². The van der Waals surface area contributed by atoms with Gasteiger partial charge in [0, 0.05) is 22.9 Å². The minimum atomic E-state index is -0.723. The topological polar surface area (TPSA) is 62.9 Å². The molecule has 0 radical (unpaired) electrons. The third kappa shape index (κ3) is 3.51. The highest BCUT2D eigenvalue weighted by atomic mass is 16.7. The average molecular weight is 295 g/mol. The number of hydrogen-bond acceptors (Lipinski definition) is 4. The van der Waals surface area contributed by atoms with Gasteiger partial charge in [-0.25, -0.2) is 0 Å². The van der Waals surface area contributed by atoms with Crippen molar-refractivity contribution in [3.05, 3.63) is 29.6 Å². The number of aryl methyl sites for hydroxylation is 1. The van der Waals surface area contributed by atoms with Crippen LogP contribution in [0.25, 0.3) is 0 Å². The third-order valence-electron chi connectivity index (χ3n) is 3.62. The molecule has 1 aliphatic heterocycles. The van der Waals surface area contributed by atoms with Gasteiger partial charge in [0.25, 0.3) is 11.6 Å². The Hall–Kier alpha value is -1.66. The van der Waals surface area contributed by atoms with Crippen LogP contribution in [0.2, 0.25) is 0 Å². The Morgan fingerprint density at radius 3 is 2.81 bits per heavy atom. The van der Waals surface area contributed by atoms with Gasteiger partial charge in [0.05, 0.1) is 6.61 Å². The highest BCUT2D eigenvalue weighted by Crippen LogP contribution is 2.23. The zero-order valence-corrected chi connectivity index (χ0v) is 13.0. The molecule has 21 heavy (non-hydrogen) atoms. The van der Waals surface area contributed by atoms with Crippen LogP contribution in [-0.4, -0.2) is 41.1 Å². The number of pyridine rings is 1. The van der Waals surface area contributed by atoms with Gasteiger partial charge in [0.1, 0.15) is 6.54 Å². The van der Waals surface area contributed by atoms with Gasteiger partial charge in [-0.2, -0.15) is 0 Å². The van der Waals surface area contributed by atoms with Crippen molar-refractivity contribution in [2.24, 2.45) is 0 Å². The molecule has 1 N–H and O–H groups in total. The van der Waals surface area contributed by atoms with Crippen molar-refractivity contribution >= 4 is 5.91 Å². The van der Waals surface area contributed by atoms with Gasteiger partial charge in [-0.05, 0) is 33.8 Å². The van der Waals surface area contributed by atoms with E-state index in [4.69, 9.17) is 9.47 Å². The summed E-state index contributed by atoms with van der Waals surface area (Å²) in [4.78, 5) is 14.2. The van der Waals surface area contributed by atoms with Crippen LogP contribution >= 0.6 is 0 Å². The monoisotopic (exact) mass is 295 g/mol. The fourth-order valence-corrected chi connectivity index (χ4v) is 2.37. The van der Waals surface area contributed by atoms with Crippen molar-refractivity contribution < 1.29 is 24.2 Å². The fourth-order valence-electron chi connectivity index (χ4n) is 2.37. The lowest BCUT2D eigenvalue weighted by Crippen LogP contribution is -2.45. The van der Waals surface area contributed by atoms with Gasteiger partial charge in [0.2, 0.25) is 6.20 Å². The van der Waals surface area contributed by atoms with Crippen LogP contribution in [0.1, 0.15) is 32.0 Å². The Balaban J connectivity index is 2.12. The van der Waals surface area contributed by atoms with Crippen molar-refractivity contribution in [1.29, 1.82) is 0 Å². The molecule has 2 rings (SSSR count).